The number of carboxylic acid groups (broad SMARTS) is 1. The van der Waals surface area contributed by atoms with E-state index in [4.69, 9.17) is 56.8 Å². The van der Waals surface area contributed by atoms with E-state index in [0.717, 1.165) is 9.87 Å². The molecule has 1 fully saturated rings. The Morgan fingerprint density at radius 1 is 0.761 bits per heavy atom. The number of sulfonamides is 1. The van der Waals surface area contributed by atoms with Crippen molar-refractivity contribution in [1.82, 2.24) is 4.31 Å². The van der Waals surface area contributed by atoms with E-state index in [-0.39, 0.29) is 31.9 Å². The fourth-order valence-electron chi connectivity index (χ4n) is 5.02. The third-order valence-corrected chi connectivity index (χ3v) is 8.76. The van der Waals surface area contributed by atoms with Crippen LogP contribution in [0.15, 0.2) is 29.2 Å². The van der Waals surface area contributed by atoms with Gasteiger partial charge in [0.1, 0.15) is 65.2 Å². The summed E-state index contributed by atoms with van der Waals surface area (Å²) < 4.78 is 96.5. The highest BCUT2D eigenvalue weighted by Gasteiger charge is 2.61. The molecule has 1 saturated heterocycles. The van der Waals surface area contributed by atoms with E-state index in [9.17, 15) is 18.3 Å². The number of aryl methyl sites for hydroxylation is 1. The molecule has 1 aromatic carbocycles. The summed E-state index contributed by atoms with van der Waals surface area (Å²) in [4.78, 5) is 12.5. The number of aliphatic carboxylic acids is 1. The van der Waals surface area contributed by atoms with Crippen molar-refractivity contribution in [2.45, 2.75) is 54.4 Å². The normalized spacial score (nSPS) is 22.6. The smallest absolute Gasteiger partial charge is 0.335 e. The van der Waals surface area contributed by atoms with E-state index in [1.165, 1.54) is 54.8 Å². The zero-order chi connectivity index (χ0) is 34.1. The standard InChI is InChI=1S/C28H47NO16S/c1-19-8-10-20(11-9-19)46(32,33)29-21(12-40-13-34-2)23(41-14-35-3)24(42-15-36-4)22(29)25(43-16-37-5)26(44-17-38-6)27(28(30)31)45-18-39-7/h8-11,21-27H,12-18H2,1-7H3,(H,30,31)/t21-,22-,23-,24-,25-,26-,27+/m0/s1. The van der Waals surface area contributed by atoms with Crippen LogP contribution in [0.2, 0.25) is 0 Å². The highest BCUT2D eigenvalue weighted by molar-refractivity contribution is 7.89. The molecule has 0 spiro atoms. The van der Waals surface area contributed by atoms with Crippen molar-refractivity contribution in [2.75, 3.05) is 90.0 Å². The first-order valence-electron chi connectivity index (χ1n) is 14.1. The Morgan fingerprint density at radius 2 is 1.28 bits per heavy atom. The monoisotopic (exact) mass is 685 g/mol. The van der Waals surface area contributed by atoms with Crippen LogP contribution in [0.5, 0.6) is 0 Å². The maximum absolute atomic E-state index is 14.7. The van der Waals surface area contributed by atoms with Crippen molar-refractivity contribution in [3.63, 3.8) is 0 Å². The Bertz CT molecular complexity index is 1090. The van der Waals surface area contributed by atoms with Gasteiger partial charge >= 0.3 is 5.97 Å². The van der Waals surface area contributed by atoms with Gasteiger partial charge in [-0.3, -0.25) is 0 Å². The molecular formula is C28H47NO16S. The fraction of sp³-hybridized carbons (Fsp3) is 0.750. The van der Waals surface area contributed by atoms with Gasteiger partial charge in [-0.2, -0.15) is 4.31 Å². The highest BCUT2D eigenvalue weighted by Crippen LogP contribution is 2.40. The lowest BCUT2D eigenvalue weighted by atomic mass is 9.96. The van der Waals surface area contributed by atoms with Crippen LogP contribution in [0.3, 0.4) is 0 Å². The van der Waals surface area contributed by atoms with Crippen molar-refractivity contribution in [1.29, 1.82) is 0 Å². The lowest BCUT2D eigenvalue weighted by Gasteiger charge is -2.39. The second-order valence-corrected chi connectivity index (χ2v) is 11.8. The van der Waals surface area contributed by atoms with Gasteiger partial charge in [-0.25, -0.2) is 13.2 Å². The molecule has 0 unspecified atom stereocenters. The van der Waals surface area contributed by atoms with Gasteiger partial charge in [0.25, 0.3) is 0 Å². The van der Waals surface area contributed by atoms with E-state index in [2.05, 4.69) is 0 Å². The third-order valence-electron chi connectivity index (χ3n) is 6.83. The van der Waals surface area contributed by atoms with Gasteiger partial charge < -0.3 is 61.9 Å². The first-order valence-corrected chi connectivity index (χ1v) is 15.5. The average molecular weight is 686 g/mol. The first kappa shape index (κ1) is 40.3. The molecule has 1 aliphatic rings. The molecule has 7 atom stereocenters. The Morgan fingerprint density at radius 3 is 1.83 bits per heavy atom. The molecule has 0 bridgehead atoms. The quantitative estimate of drug-likeness (QED) is 0.110. The number of rotatable bonds is 25. The number of methoxy groups -OCH3 is 6. The number of nitrogens with zero attached hydrogens (tertiary/aromatic N) is 1. The fourth-order valence-corrected chi connectivity index (χ4v) is 6.84. The summed E-state index contributed by atoms with van der Waals surface area (Å²) in [6.45, 7) is -0.412. The molecule has 0 saturated carbocycles. The predicted octanol–water partition coefficient (Wildman–Crippen LogP) is 0.387. The van der Waals surface area contributed by atoms with Crippen LogP contribution in [-0.2, 0) is 71.7 Å². The van der Waals surface area contributed by atoms with Crippen LogP contribution in [0, 0.1) is 6.92 Å². The number of carbonyl (C=O) groups is 1. The summed E-state index contributed by atoms with van der Waals surface area (Å²) in [5.74, 6) is -1.45. The third kappa shape index (κ3) is 10.8. The van der Waals surface area contributed by atoms with E-state index in [1.54, 1.807) is 12.1 Å². The van der Waals surface area contributed by atoms with Crippen LogP contribution in [0.25, 0.3) is 0 Å². The van der Waals surface area contributed by atoms with Gasteiger partial charge in [-0.1, -0.05) is 17.7 Å². The zero-order valence-electron chi connectivity index (χ0n) is 27.2. The number of ether oxygens (including phenoxy) is 12. The molecular weight excluding hydrogens is 638 g/mol. The summed E-state index contributed by atoms with van der Waals surface area (Å²) in [7, 11) is 3.75. The van der Waals surface area contributed by atoms with E-state index in [1.807, 2.05) is 6.92 Å². The Labute approximate surface area is 269 Å². The Hall–Kier alpha value is -1.88. The van der Waals surface area contributed by atoms with Gasteiger partial charge in [-0.15, -0.1) is 0 Å². The molecule has 0 radical (unpaired) electrons. The lowest BCUT2D eigenvalue weighted by Crippen LogP contribution is -2.60. The van der Waals surface area contributed by atoms with Crippen molar-refractivity contribution in [2.24, 2.45) is 0 Å². The van der Waals surface area contributed by atoms with Crippen molar-refractivity contribution in [3.8, 4) is 0 Å². The minimum Gasteiger partial charge on any atom is -0.479 e. The molecule has 0 aromatic heterocycles. The topological polar surface area (TPSA) is 185 Å². The molecule has 17 nitrogen and oxygen atoms in total. The van der Waals surface area contributed by atoms with Gasteiger partial charge in [0.05, 0.1) is 23.6 Å². The predicted molar refractivity (Wildman–Crippen MR) is 157 cm³/mol. The molecule has 2 rings (SSSR count). The number of hydrogen-bond donors (Lipinski definition) is 1. The van der Waals surface area contributed by atoms with Gasteiger partial charge in [0.2, 0.25) is 10.0 Å². The molecule has 18 heteroatoms. The van der Waals surface area contributed by atoms with Crippen LogP contribution in [0.1, 0.15) is 5.56 Å². The molecule has 1 N–H and O–H groups in total. The van der Waals surface area contributed by atoms with Gasteiger partial charge in [0, 0.05) is 42.7 Å². The average Bonchev–Trinajstić information content (AvgIpc) is 3.34. The molecule has 1 aromatic rings. The Kier molecular flexibility index (Phi) is 18.5. The Balaban J connectivity index is 2.93. The van der Waals surface area contributed by atoms with Crippen LogP contribution < -0.4 is 0 Å². The van der Waals surface area contributed by atoms with E-state index >= 15 is 0 Å². The van der Waals surface area contributed by atoms with Crippen LogP contribution in [-0.4, -0.2) is 156 Å². The SMILES string of the molecule is COCOC[C@H]1[C@H](OCOC)[C@@H](OCOC)[C@@H]([C@H](OCOC)[C@H](OCOC)[C@@H](OCOC)C(=O)O)N1S(=O)(=O)c1ccc(C)cc1. The van der Waals surface area contributed by atoms with Crippen molar-refractivity contribution < 1.29 is 75.2 Å². The lowest BCUT2D eigenvalue weighted by molar-refractivity contribution is -0.230. The molecule has 266 valence electrons. The summed E-state index contributed by atoms with van der Waals surface area (Å²) in [5.41, 5.74) is 0.827. The second kappa shape index (κ2) is 21.2. The zero-order valence-corrected chi connectivity index (χ0v) is 28.0. The van der Waals surface area contributed by atoms with Crippen molar-refractivity contribution >= 4 is 16.0 Å². The maximum Gasteiger partial charge on any atom is 0.335 e. The molecule has 1 heterocycles. The second-order valence-electron chi connectivity index (χ2n) is 9.97. The summed E-state index contributed by atoms with van der Waals surface area (Å²) in [6.07, 6.45) is -6.99. The highest BCUT2D eigenvalue weighted by atomic mass is 32.2. The van der Waals surface area contributed by atoms with Crippen molar-refractivity contribution in [3.05, 3.63) is 29.8 Å². The van der Waals surface area contributed by atoms with Crippen LogP contribution in [0.4, 0.5) is 0 Å². The molecule has 1 aliphatic heterocycles. The van der Waals surface area contributed by atoms with Crippen LogP contribution >= 0.6 is 0 Å². The summed E-state index contributed by atoms with van der Waals surface area (Å²) >= 11 is 0. The largest absolute Gasteiger partial charge is 0.479 e. The number of carboxylic acids is 1. The summed E-state index contributed by atoms with van der Waals surface area (Å²) in [5, 5.41) is 10.2. The first-order chi connectivity index (χ1) is 22.1. The molecule has 0 aliphatic carbocycles. The number of benzene rings is 1. The van der Waals surface area contributed by atoms with Gasteiger partial charge in [0.15, 0.2) is 6.10 Å². The van der Waals surface area contributed by atoms with E-state index < -0.39 is 79.0 Å². The van der Waals surface area contributed by atoms with Gasteiger partial charge in [-0.05, 0) is 19.1 Å². The maximum atomic E-state index is 14.7. The minimum absolute atomic E-state index is 0.0667. The minimum atomic E-state index is -4.44. The summed E-state index contributed by atoms with van der Waals surface area (Å²) in [6, 6.07) is 3.74. The number of hydrogen-bond acceptors (Lipinski definition) is 15. The molecule has 46 heavy (non-hydrogen) atoms. The molecule has 0 amide bonds. The van der Waals surface area contributed by atoms with E-state index in [0.29, 0.717) is 0 Å².